The third-order valence-corrected chi connectivity index (χ3v) is 4.46. The minimum atomic E-state index is 0.925. The standard InChI is InChI=1S/C18H24N2O/c1-14-5-4-6-18(16(14)3)20-11-9-19(10-12-20)13-17-8-7-15(2)21-17/h4-8H,9-13H2,1-3H3. The van der Waals surface area contributed by atoms with Crippen molar-refractivity contribution in [3.63, 3.8) is 0 Å². The maximum Gasteiger partial charge on any atom is 0.118 e. The van der Waals surface area contributed by atoms with Crippen molar-refractivity contribution in [1.82, 2.24) is 4.90 Å². The summed E-state index contributed by atoms with van der Waals surface area (Å²) in [4.78, 5) is 4.98. The zero-order valence-electron chi connectivity index (χ0n) is 13.2. The molecule has 1 saturated heterocycles. The summed E-state index contributed by atoms with van der Waals surface area (Å²) < 4.78 is 5.68. The Hall–Kier alpha value is -1.74. The SMILES string of the molecule is Cc1ccc(CN2CCN(c3cccc(C)c3C)CC2)o1. The molecular weight excluding hydrogens is 260 g/mol. The van der Waals surface area contributed by atoms with Crippen LogP contribution in [0.5, 0.6) is 0 Å². The van der Waals surface area contributed by atoms with Crippen molar-refractivity contribution in [3.05, 3.63) is 53.0 Å². The second-order valence-electron chi connectivity index (χ2n) is 5.99. The third-order valence-electron chi connectivity index (χ3n) is 4.46. The maximum atomic E-state index is 5.68. The molecule has 2 aromatic rings. The number of hydrogen-bond acceptors (Lipinski definition) is 3. The third kappa shape index (κ3) is 3.13. The molecule has 3 rings (SSSR count). The van der Waals surface area contributed by atoms with Crippen molar-refractivity contribution >= 4 is 5.69 Å². The maximum absolute atomic E-state index is 5.68. The van der Waals surface area contributed by atoms with Gasteiger partial charge in [0, 0.05) is 31.9 Å². The second kappa shape index (κ2) is 5.94. The molecule has 0 atom stereocenters. The van der Waals surface area contributed by atoms with E-state index >= 15 is 0 Å². The summed E-state index contributed by atoms with van der Waals surface area (Å²) in [7, 11) is 0. The van der Waals surface area contributed by atoms with Gasteiger partial charge in [-0.05, 0) is 50.1 Å². The minimum absolute atomic E-state index is 0.925. The van der Waals surface area contributed by atoms with Crippen LogP contribution in [0.4, 0.5) is 5.69 Å². The molecule has 0 unspecified atom stereocenters. The van der Waals surface area contributed by atoms with Gasteiger partial charge in [-0.25, -0.2) is 0 Å². The predicted molar refractivity (Wildman–Crippen MR) is 86.9 cm³/mol. The number of hydrogen-bond donors (Lipinski definition) is 0. The number of aryl methyl sites for hydroxylation is 2. The van der Waals surface area contributed by atoms with Gasteiger partial charge in [0.2, 0.25) is 0 Å². The Morgan fingerprint density at radius 3 is 2.38 bits per heavy atom. The lowest BCUT2D eigenvalue weighted by Crippen LogP contribution is -2.46. The Balaban J connectivity index is 1.61. The van der Waals surface area contributed by atoms with Crippen molar-refractivity contribution in [2.24, 2.45) is 0 Å². The lowest BCUT2D eigenvalue weighted by Gasteiger charge is -2.36. The minimum Gasteiger partial charge on any atom is -0.465 e. The van der Waals surface area contributed by atoms with Gasteiger partial charge in [0.15, 0.2) is 0 Å². The van der Waals surface area contributed by atoms with Gasteiger partial charge in [0.25, 0.3) is 0 Å². The Labute approximate surface area is 127 Å². The summed E-state index contributed by atoms with van der Waals surface area (Å²) in [5, 5.41) is 0. The lowest BCUT2D eigenvalue weighted by atomic mass is 10.1. The second-order valence-corrected chi connectivity index (χ2v) is 5.99. The highest BCUT2D eigenvalue weighted by Crippen LogP contribution is 2.24. The van der Waals surface area contributed by atoms with Crippen LogP contribution >= 0.6 is 0 Å². The summed E-state index contributed by atoms with van der Waals surface area (Å²) >= 11 is 0. The van der Waals surface area contributed by atoms with Gasteiger partial charge in [-0.15, -0.1) is 0 Å². The topological polar surface area (TPSA) is 19.6 Å². The van der Waals surface area contributed by atoms with Gasteiger partial charge in [-0.1, -0.05) is 12.1 Å². The molecule has 1 aromatic carbocycles. The van der Waals surface area contributed by atoms with E-state index in [9.17, 15) is 0 Å². The molecule has 2 heterocycles. The highest BCUT2D eigenvalue weighted by Gasteiger charge is 2.19. The molecule has 3 nitrogen and oxygen atoms in total. The van der Waals surface area contributed by atoms with Gasteiger partial charge in [-0.3, -0.25) is 4.90 Å². The Bertz CT molecular complexity index is 609. The van der Waals surface area contributed by atoms with Crippen molar-refractivity contribution in [1.29, 1.82) is 0 Å². The summed E-state index contributed by atoms with van der Waals surface area (Å²) in [6, 6.07) is 10.7. The molecule has 0 radical (unpaired) electrons. The molecule has 0 saturated carbocycles. The van der Waals surface area contributed by atoms with Crippen LogP contribution in [0, 0.1) is 20.8 Å². The van der Waals surface area contributed by atoms with Crippen LogP contribution in [0.15, 0.2) is 34.7 Å². The van der Waals surface area contributed by atoms with E-state index in [1.807, 2.05) is 13.0 Å². The van der Waals surface area contributed by atoms with Crippen LogP contribution in [0.2, 0.25) is 0 Å². The number of furan rings is 1. The highest BCUT2D eigenvalue weighted by molar-refractivity contribution is 5.56. The first-order valence-electron chi connectivity index (χ1n) is 7.72. The fraction of sp³-hybridized carbons (Fsp3) is 0.444. The molecular formula is C18H24N2O. The summed E-state index contributed by atoms with van der Waals surface area (Å²) in [5.74, 6) is 2.08. The summed E-state index contributed by atoms with van der Waals surface area (Å²) in [5.41, 5.74) is 4.18. The molecule has 112 valence electrons. The largest absolute Gasteiger partial charge is 0.465 e. The first-order chi connectivity index (χ1) is 10.1. The van der Waals surface area contributed by atoms with Crippen molar-refractivity contribution < 1.29 is 4.42 Å². The van der Waals surface area contributed by atoms with Crippen LogP contribution < -0.4 is 4.90 Å². The number of rotatable bonds is 3. The Morgan fingerprint density at radius 1 is 0.952 bits per heavy atom. The molecule has 0 spiro atoms. The smallest absolute Gasteiger partial charge is 0.118 e. The fourth-order valence-corrected chi connectivity index (χ4v) is 3.02. The van der Waals surface area contributed by atoms with Crippen LogP contribution in [0.25, 0.3) is 0 Å². The van der Waals surface area contributed by atoms with Crippen LogP contribution in [0.1, 0.15) is 22.6 Å². The molecule has 0 amide bonds. The number of benzene rings is 1. The zero-order chi connectivity index (χ0) is 14.8. The Morgan fingerprint density at radius 2 is 1.71 bits per heavy atom. The summed E-state index contributed by atoms with van der Waals surface area (Å²) in [6.07, 6.45) is 0. The molecule has 1 fully saturated rings. The van der Waals surface area contributed by atoms with Gasteiger partial charge in [0.05, 0.1) is 6.54 Å². The number of piperazine rings is 1. The molecule has 21 heavy (non-hydrogen) atoms. The van der Waals surface area contributed by atoms with Crippen molar-refractivity contribution in [3.8, 4) is 0 Å². The monoisotopic (exact) mass is 284 g/mol. The molecule has 0 aliphatic carbocycles. The first-order valence-corrected chi connectivity index (χ1v) is 7.72. The molecule has 0 bridgehead atoms. The zero-order valence-corrected chi connectivity index (χ0v) is 13.2. The average Bonchev–Trinajstić information content (AvgIpc) is 2.88. The quantitative estimate of drug-likeness (QED) is 0.859. The van der Waals surface area contributed by atoms with E-state index in [-0.39, 0.29) is 0 Å². The van der Waals surface area contributed by atoms with Gasteiger partial charge in [-0.2, -0.15) is 0 Å². The lowest BCUT2D eigenvalue weighted by molar-refractivity contribution is 0.229. The first kappa shape index (κ1) is 14.2. The number of nitrogens with zero attached hydrogens (tertiary/aromatic N) is 2. The van der Waals surface area contributed by atoms with Crippen LogP contribution in [0.3, 0.4) is 0 Å². The molecule has 3 heteroatoms. The van der Waals surface area contributed by atoms with Crippen molar-refractivity contribution in [2.45, 2.75) is 27.3 Å². The van der Waals surface area contributed by atoms with Crippen LogP contribution in [-0.4, -0.2) is 31.1 Å². The Kier molecular flexibility index (Phi) is 4.02. The highest BCUT2D eigenvalue weighted by atomic mass is 16.3. The van der Waals surface area contributed by atoms with Crippen molar-refractivity contribution in [2.75, 3.05) is 31.1 Å². The van der Waals surface area contributed by atoms with E-state index in [4.69, 9.17) is 4.42 Å². The van der Waals surface area contributed by atoms with E-state index in [0.717, 1.165) is 44.2 Å². The molecule has 0 N–H and O–H groups in total. The van der Waals surface area contributed by atoms with Gasteiger partial charge in [0.1, 0.15) is 11.5 Å². The number of anilines is 1. The van der Waals surface area contributed by atoms with E-state index < -0.39 is 0 Å². The normalized spacial score (nSPS) is 16.4. The predicted octanol–water partition coefficient (Wildman–Crippen LogP) is 3.53. The van der Waals surface area contributed by atoms with E-state index in [1.54, 1.807) is 0 Å². The average molecular weight is 284 g/mol. The summed E-state index contributed by atoms with van der Waals surface area (Å²) in [6.45, 7) is 11.7. The van der Waals surface area contributed by atoms with Crippen LogP contribution in [-0.2, 0) is 6.54 Å². The van der Waals surface area contributed by atoms with Gasteiger partial charge >= 0.3 is 0 Å². The van der Waals surface area contributed by atoms with Gasteiger partial charge < -0.3 is 9.32 Å². The molecule has 1 aliphatic rings. The fourth-order valence-electron chi connectivity index (χ4n) is 3.02. The molecule has 1 aliphatic heterocycles. The van der Waals surface area contributed by atoms with E-state index in [2.05, 4.69) is 47.9 Å². The molecule has 1 aromatic heterocycles. The van der Waals surface area contributed by atoms with E-state index in [1.165, 1.54) is 16.8 Å². The van der Waals surface area contributed by atoms with E-state index in [0.29, 0.717) is 0 Å².